The Balaban J connectivity index is 3.08. The summed E-state index contributed by atoms with van der Waals surface area (Å²) in [6, 6.07) is 4.94. The van der Waals surface area contributed by atoms with Gasteiger partial charge in [0.25, 0.3) is 0 Å². The Morgan fingerprint density at radius 1 is 1.21 bits per heavy atom. The maximum Gasteiger partial charge on any atom is 0.405 e. The first-order valence-corrected chi connectivity index (χ1v) is 5.02. The summed E-state index contributed by atoms with van der Waals surface area (Å²) in [5.41, 5.74) is 1.90. The lowest BCUT2D eigenvalue weighted by Crippen LogP contribution is -2.16. The van der Waals surface area contributed by atoms with E-state index in [4.69, 9.17) is 0 Å². The molecule has 0 aliphatic rings. The molecular weight excluding hydrogens is 257 g/mol. The monoisotopic (exact) mass is 266 g/mol. The summed E-state index contributed by atoms with van der Waals surface area (Å²) in [4.78, 5) is -1.57. The third kappa shape index (κ3) is 2.50. The van der Waals surface area contributed by atoms with E-state index in [1.165, 1.54) is 6.07 Å². The average Bonchev–Trinajstić information content (AvgIpc) is 2.01. The van der Waals surface area contributed by atoms with Crippen molar-refractivity contribution in [2.45, 2.75) is 24.9 Å². The van der Waals surface area contributed by atoms with Crippen LogP contribution in [0.3, 0.4) is 0 Å². The first kappa shape index (κ1) is 11.6. The topological polar surface area (TPSA) is 0 Å². The summed E-state index contributed by atoms with van der Waals surface area (Å²) in [6.45, 7) is 3.54. The summed E-state index contributed by atoms with van der Waals surface area (Å²) in [5.74, 6) is 0. The molecule has 0 aliphatic carbocycles. The Kier molecular flexibility index (Phi) is 3.24. The van der Waals surface area contributed by atoms with Gasteiger partial charge in [0.2, 0.25) is 0 Å². The Bertz CT molecular complexity index is 331. The van der Waals surface area contributed by atoms with Crippen molar-refractivity contribution in [1.82, 2.24) is 0 Å². The predicted molar refractivity (Wildman–Crippen MR) is 53.6 cm³/mol. The zero-order valence-corrected chi connectivity index (χ0v) is 9.41. The molecular formula is C10H10BrF3. The number of hydrogen-bond acceptors (Lipinski definition) is 0. The van der Waals surface area contributed by atoms with Gasteiger partial charge in [-0.05, 0) is 25.0 Å². The molecule has 78 valence electrons. The maximum atomic E-state index is 12.4. The van der Waals surface area contributed by atoms with Crippen LogP contribution in [-0.2, 0) is 0 Å². The summed E-state index contributed by atoms with van der Waals surface area (Å²) in [7, 11) is 0. The van der Waals surface area contributed by atoms with Crippen LogP contribution in [-0.4, -0.2) is 6.18 Å². The molecule has 1 aromatic carbocycles. The summed E-state index contributed by atoms with van der Waals surface area (Å²) < 4.78 is 37.1. The molecule has 1 unspecified atom stereocenters. The van der Waals surface area contributed by atoms with Gasteiger partial charge in [0.15, 0.2) is 0 Å². The fourth-order valence-electron chi connectivity index (χ4n) is 1.29. The Morgan fingerprint density at radius 2 is 1.79 bits per heavy atom. The van der Waals surface area contributed by atoms with Crippen LogP contribution >= 0.6 is 15.9 Å². The molecule has 14 heavy (non-hydrogen) atoms. The van der Waals surface area contributed by atoms with E-state index in [0.717, 1.165) is 5.56 Å². The number of rotatable bonds is 1. The fourth-order valence-corrected chi connectivity index (χ4v) is 1.80. The van der Waals surface area contributed by atoms with Crippen LogP contribution < -0.4 is 0 Å². The lowest BCUT2D eigenvalue weighted by molar-refractivity contribution is -0.128. The summed E-state index contributed by atoms with van der Waals surface area (Å²) in [5, 5.41) is 0. The van der Waals surface area contributed by atoms with Gasteiger partial charge in [-0.25, -0.2) is 0 Å². The molecule has 0 spiro atoms. The molecule has 0 fully saturated rings. The first-order chi connectivity index (χ1) is 6.32. The number of hydrogen-bond donors (Lipinski definition) is 0. The van der Waals surface area contributed by atoms with Gasteiger partial charge >= 0.3 is 6.18 Å². The van der Waals surface area contributed by atoms with Gasteiger partial charge < -0.3 is 0 Å². The van der Waals surface area contributed by atoms with Gasteiger partial charge in [0.1, 0.15) is 4.83 Å². The van der Waals surface area contributed by atoms with Crippen molar-refractivity contribution < 1.29 is 13.2 Å². The van der Waals surface area contributed by atoms with Crippen molar-refractivity contribution >= 4 is 15.9 Å². The largest absolute Gasteiger partial charge is 0.405 e. The zero-order valence-electron chi connectivity index (χ0n) is 7.82. The van der Waals surface area contributed by atoms with E-state index in [9.17, 15) is 13.2 Å². The van der Waals surface area contributed by atoms with Crippen LogP contribution in [0.1, 0.15) is 21.5 Å². The minimum atomic E-state index is -4.24. The van der Waals surface area contributed by atoms with Crippen molar-refractivity contribution in [3.8, 4) is 0 Å². The standard InChI is InChI=1S/C10H10BrF3/c1-6-3-4-8(7(2)5-6)9(11)10(12,13)14/h3-5,9H,1-2H3. The molecule has 1 atom stereocenters. The van der Waals surface area contributed by atoms with E-state index in [1.54, 1.807) is 19.1 Å². The highest BCUT2D eigenvalue weighted by molar-refractivity contribution is 9.09. The SMILES string of the molecule is Cc1ccc(C(Br)C(F)(F)F)c(C)c1. The molecule has 0 nitrogen and oxygen atoms in total. The Morgan fingerprint density at radius 3 is 2.21 bits per heavy atom. The molecule has 0 aliphatic heterocycles. The van der Waals surface area contributed by atoms with Gasteiger partial charge in [0.05, 0.1) is 0 Å². The molecule has 4 heteroatoms. The third-order valence-electron chi connectivity index (χ3n) is 1.99. The highest BCUT2D eigenvalue weighted by atomic mass is 79.9. The van der Waals surface area contributed by atoms with Gasteiger partial charge in [-0.3, -0.25) is 0 Å². The van der Waals surface area contributed by atoms with Crippen LogP contribution in [0.15, 0.2) is 18.2 Å². The third-order valence-corrected chi connectivity index (χ3v) is 3.00. The number of benzene rings is 1. The molecule has 1 rings (SSSR count). The van der Waals surface area contributed by atoms with Crippen molar-refractivity contribution in [3.63, 3.8) is 0 Å². The Hall–Kier alpha value is -0.510. The molecule has 0 saturated carbocycles. The molecule has 0 aromatic heterocycles. The normalized spacial score (nSPS) is 14.1. The average molecular weight is 267 g/mol. The fraction of sp³-hybridized carbons (Fsp3) is 0.400. The van der Waals surface area contributed by atoms with E-state index >= 15 is 0 Å². The van der Waals surface area contributed by atoms with E-state index in [1.807, 2.05) is 6.92 Å². The minimum absolute atomic E-state index is 0.281. The van der Waals surface area contributed by atoms with Crippen molar-refractivity contribution in [2.24, 2.45) is 0 Å². The van der Waals surface area contributed by atoms with E-state index in [2.05, 4.69) is 15.9 Å². The van der Waals surface area contributed by atoms with E-state index in [-0.39, 0.29) is 5.56 Å². The highest BCUT2D eigenvalue weighted by Gasteiger charge is 2.39. The molecule has 1 aromatic rings. The zero-order chi connectivity index (χ0) is 10.9. The molecule has 0 amide bonds. The van der Waals surface area contributed by atoms with E-state index in [0.29, 0.717) is 5.56 Å². The van der Waals surface area contributed by atoms with Gasteiger partial charge in [-0.1, -0.05) is 39.7 Å². The molecule has 0 bridgehead atoms. The van der Waals surface area contributed by atoms with Crippen molar-refractivity contribution in [1.29, 1.82) is 0 Å². The van der Waals surface area contributed by atoms with Crippen LogP contribution in [0.4, 0.5) is 13.2 Å². The summed E-state index contributed by atoms with van der Waals surface area (Å²) >= 11 is 2.66. The van der Waals surface area contributed by atoms with Gasteiger partial charge in [-0.15, -0.1) is 0 Å². The van der Waals surface area contributed by atoms with E-state index < -0.39 is 11.0 Å². The number of alkyl halides is 4. The lowest BCUT2D eigenvalue weighted by Gasteiger charge is -2.16. The van der Waals surface area contributed by atoms with Gasteiger partial charge in [-0.2, -0.15) is 13.2 Å². The van der Waals surface area contributed by atoms with Crippen LogP contribution in [0, 0.1) is 13.8 Å². The molecule has 0 N–H and O–H groups in total. The van der Waals surface area contributed by atoms with Crippen molar-refractivity contribution in [3.05, 3.63) is 34.9 Å². The smallest absolute Gasteiger partial charge is 0.169 e. The first-order valence-electron chi connectivity index (χ1n) is 4.10. The Labute approximate surface area is 89.3 Å². The second-order valence-corrected chi connectivity index (χ2v) is 4.18. The maximum absolute atomic E-state index is 12.4. The van der Waals surface area contributed by atoms with Gasteiger partial charge in [0, 0.05) is 0 Å². The second-order valence-electron chi connectivity index (χ2n) is 3.26. The predicted octanol–water partition coefficient (Wildman–Crippen LogP) is 4.30. The minimum Gasteiger partial charge on any atom is -0.169 e. The van der Waals surface area contributed by atoms with Crippen molar-refractivity contribution in [2.75, 3.05) is 0 Å². The lowest BCUT2D eigenvalue weighted by atomic mass is 10.0. The quantitative estimate of drug-likeness (QED) is 0.665. The molecule has 0 radical (unpaired) electrons. The highest BCUT2D eigenvalue weighted by Crippen LogP contribution is 2.40. The number of aryl methyl sites for hydroxylation is 2. The molecule has 0 saturated heterocycles. The molecule has 0 heterocycles. The second kappa shape index (κ2) is 3.93. The van der Waals surface area contributed by atoms with Crippen LogP contribution in [0.5, 0.6) is 0 Å². The summed E-state index contributed by atoms with van der Waals surface area (Å²) in [6.07, 6.45) is -4.24. The number of halogens is 4. The van der Waals surface area contributed by atoms with Crippen LogP contribution in [0.25, 0.3) is 0 Å². The van der Waals surface area contributed by atoms with Crippen LogP contribution in [0.2, 0.25) is 0 Å².